The van der Waals surface area contributed by atoms with Crippen molar-refractivity contribution < 1.29 is 4.42 Å². The van der Waals surface area contributed by atoms with Crippen LogP contribution in [0.2, 0.25) is 0 Å². The van der Waals surface area contributed by atoms with Gasteiger partial charge >= 0.3 is 0 Å². The molecule has 0 saturated carbocycles. The maximum atomic E-state index is 6.96. The molecule has 0 aliphatic heterocycles. The lowest BCUT2D eigenvalue weighted by Gasteiger charge is -2.28. The Morgan fingerprint density at radius 3 is 1.82 bits per heavy atom. The summed E-state index contributed by atoms with van der Waals surface area (Å²) in [7, 11) is 0. The third-order valence-electron chi connectivity index (χ3n) is 10.7. The standard InChI is InChI=1S/C47H28N2O/c1-2-14-30(15-3-1)41-28-42(49-46(48-41)35-21-12-16-29-13-4-5-17-32(29)35)31-25-26-40-37(27-31)44-36-20-8-11-24-43(36)50-45(44)47(40)38-22-9-6-18-33(38)34-19-7-10-23-39(34)47/h1-28H. The molecule has 9 aromatic rings. The second-order valence-corrected chi connectivity index (χ2v) is 13.3. The van der Waals surface area contributed by atoms with Crippen LogP contribution in [0, 0.1) is 0 Å². The highest BCUT2D eigenvalue weighted by Gasteiger charge is 2.54. The number of furan rings is 1. The van der Waals surface area contributed by atoms with E-state index in [1.807, 2.05) is 6.07 Å². The van der Waals surface area contributed by atoms with Crippen molar-refractivity contribution in [3.63, 3.8) is 0 Å². The minimum atomic E-state index is -0.551. The Hall–Kier alpha value is -6.58. The molecule has 2 heterocycles. The van der Waals surface area contributed by atoms with Crippen molar-refractivity contribution in [3.8, 4) is 56.2 Å². The van der Waals surface area contributed by atoms with Crippen LogP contribution in [0.3, 0.4) is 0 Å². The van der Waals surface area contributed by atoms with Crippen LogP contribution in [0.4, 0.5) is 0 Å². The average Bonchev–Trinajstić information content (AvgIpc) is 3.81. The van der Waals surface area contributed by atoms with E-state index in [4.69, 9.17) is 14.4 Å². The van der Waals surface area contributed by atoms with E-state index in [0.29, 0.717) is 5.82 Å². The number of aromatic nitrogens is 2. The summed E-state index contributed by atoms with van der Waals surface area (Å²) in [6, 6.07) is 60.3. The zero-order valence-corrected chi connectivity index (χ0v) is 27.0. The predicted octanol–water partition coefficient (Wildman–Crippen LogP) is 11.7. The maximum absolute atomic E-state index is 6.96. The van der Waals surface area contributed by atoms with Gasteiger partial charge in [-0.25, -0.2) is 9.97 Å². The molecule has 11 rings (SSSR count). The Labute approximate surface area is 289 Å². The van der Waals surface area contributed by atoms with Gasteiger partial charge in [-0.3, -0.25) is 0 Å². The molecule has 1 spiro atoms. The molecule has 2 aromatic heterocycles. The largest absolute Gasteiger partial charge is 0.459 e. The summed E-state index contributed by atoms with van der Waals surface area (Å²) in [5.41, 5.74) is 13.9. The van der Waals surface area contributed by atoms with Gasteiger partial charge in [0, 0.05) is 27.6 Å². The summed E-state index contributed by atoms with van der Waals surface area (Å²) < 4.78 is 6.96. The van der Waals surface area contributed by atoms with E-state index in [0.717, 1.165) is 55.8 Å². The first kappa shape index (κ1) is 27.4. The van der Waals surface area contributed by atoms with Crippen LogP contribution in [-0.2, 0) is 5.41 Å². The van der Waals surface area contributed by atoms with Crippen LogP contribution >= 0.6 is 0 Å². The zero-order valence-electron chi connectivity index (χ0n) is 27.0. The highest BCUT2D eigenvalue weighted by molar-refractivity contribution is 6.05. The van der Waals surface area contributed by atoms with Crippen molar-refractivity contribution in [2.24, 2.45) is 0 Å². The van der Waals surface area contributed by atoms with Crippen LogP contribution in [0.25, 0.3) is 77.9 Å². The lowest BCUT2D eigenvalue weighted by atomic mass is 9.73. The number of benzene rings is 7. The predicted molar refractivity (Wildman–Crippen MR) is 202 cm³/mol. The highest BCUT2D eigenvalue weighted by atomic mass is 16.3. The Balaban J connectivity index is 1.20. The molecule has 0 atom stereocenters. The summed E-state index contributed by atoms with van der Waals surface area (Å²) in [5, 5.41) is 3.43. The molecular weight excluding hydrogens is 609 g/mol. The number of fused-ring (bicyclic) bond motifs is 13. The number of hydrogen-bond donors (Lipinski definition) is 0. The van der Waals surface area contributed by atoms with Crippen LogP contribution in [-0.4, -0.2) is 9.97 Å². The molecule has 7 aromatic carbocycles. The number of hydrogen-bond acceptors (Lipinski definition) is 3. The fourth-order valence-corrected chi connectivity index (χ4v) is 8.60. The summed E-state index contributed by atoms with van der Waals surface area (Å²) in [6.07, 6.45) is 0. The van der Waals surface area contributed by atoms with Crippen LogP contribution in [0.1, 0.15) is 22.5 Å². The highest BCUT2D eigenvalue weighted by Crippen LogP contribution is 2.64. The van der Waals surface area contributed by atoms with Gasteiger partial charge in [-0.2, -0.15) is 0 Å². The molecule has 3 heteroatoms. The normalized spacial score (nSPS) is 13.4. The Kier molecular flexibility index (Phi) is 5.59. The molecule has 232 valence electrons. The van der Waals surface area contributed by atoms with E-state index in [1.165, 1.54) is 38.8 Å². The number of nitrogens with zero attached hydrogens (tertiary/aromatic N) is 2. The quantitative estimate of drug-likeness (QED) is 0.194. The third-order valence-corrected chi connectivity index (χ3v) is 10.7. The van der Waals surface area contributed by atoms with Gasteiger partial charge in [0.15, 0.2) is 5.82 Å². The fraction of sp³-hybridized carbons (Fsp3) is 0.0213. The topological polar surface area (TPSA) is 38.9 Å². The summed E-state index contributed by atoms with van der Waals surface area (Å²) in [6.45, 7) is 0. The van der Waals surface area contributed by atoms with Crippen molar-refractivity contribution in [2.75, 3.05) is 0 Å². The van der Waals surface area contributed by atoms with Crippen molar-refractivity contribution in [2.45, 2.75) is 5.41 Å². The van der Waals surface area contributed by atoms with Gasteiger partial charge < -0.3 is 4.42 Å². The van der Waals surface area contributed by atoms with Gasteiger partial charge in [0.25, 0.3) is 0 Å². The molecule has 0 saturated heterocycles. The van der Waals surface area contributed by atoms with E-state index >= 15 is 0 Å². The van der Waals surface area contributed by atoms with Crippen LogP contribution in [0.5, 0.6) is 0 Å². The lowest BCUT2D eigenvalue weighted by molar-refractivity contribution is 0.507. The van der Waals surface area contributed by atoms with E-state index in [2.05, 4.69) is 164 Å². The Morgan fingerprint density at radius 1 is 0.420 bits per heavy atom. The van der Waals surface area contributed by atoms with Gasteiger partial charge in [0.1, 0.15) is 16.8 Å². The molecule has 2 aliphatic carbocycles. The molecule has 0 unspecified atom stereocenters. The fourth-order valence-electron chi connectivity index (χ4n) is 8.60. The molecule has 3 nitrogen and oxygen atoms in total. The molecule has 0 bridgehead atoms. The van der Waals surface area contributed by atoms with Gasteiger partial charge in [0.2, 0.25) is 0 Å². The zero-order chi connectivity index (χ0) is 32.8. The second kappa shape index (κ2) is 10.2. The minimum absolute atomic E-state index is 0.551. The van der Waals surface area contributed by atoms with Gasteiger partial charge in [0.05, 0.1) is 11.4 Å². The Morgan fingerprint density at radius 2 is 1.02 bits per heavy atom. The van der Waals surface area contributed by atoms with Gasteiger partial charge in [-0.15, -0.1) is 0 Å². The monoisotopic (exact) mass is 636 g/mol. The van der Waals surface area contributed by atoms with E-state index in [-0.39, 0.29) is 0 Å². The first-order chi connectivity index (χ1) is 24.8. The SMILES string of the molecule is c1ccc(-c2cc(-c3ccc4c(c3)-c3c(oc5ccccc35)C43c4ccccc4-c4ccccc43)nc(-c3cccc4ccccc34)n2)cc1. The summed E-state index contributed by atoms with van der Waals surface area (Å²) in [4.78, 5) is 10.5. The van der Waals surface area contributed by atoms with Crippen LogP contribution in [0.15, 0.2) is 174 Å². The van der Waals surface area contributed by atoms with Crippen molar-refractivity contribution in [3.05, 3.63) is 192 Å². The summed E-state index contributed by atoms with van der Waals surface area (Å²) >= 11 is 0. The first-order valence-electron chi connectivity index (χ1n) is 17.1. The third kappa shape index (κ3) is 3.64. The van der Waals surface area contributed by atoms with Crippen molar-refractivity contribution >= 4 is 21.7 Å². The van der Waals surface area contributed by atoms with Crippen molar-refractivity contribution in [1.82, 2.24) is 9.97 Å². The average molecular weight is 637 g/mol. The van der Waals surface area contributed by atoms with E-state index in [9.17, 15) is 0 Å². The van der Waals surface area contributed by atoms with Crippen molar-refractivity contribution in [1.29, 1.82) is 0 Å². The van der Waals surface area contributed by atoms with Gasteiger partial charge in [-0.1, -0.05) is 152 Å². The second-order valence-electron chi connectivity index (χ2n) is 13.3. The van der Waals surface area contributed by atoms with E-state index in [1.54, 1.807) is 0 Å². The maximum Gasteiger partial charge on any atom is 0.161 e. The molecule has 0 radical (unpaired) electrons. The summed E-state index contributed by atoms with van der Waals surface area (Å²) in [5.74, 6) is 1.70. The lowest BCUT2D eigenvalue weighted by Crippen LogP contribution is -2.25. The molecule has 0 amide bonds. The van der Waals surface area contributed by atoms with E-state index < -0.39 is 5.41 Å². The molecule has 2 aliphatic rings. The molecule has 0 N–H and O–H groups in total. The number of rotatable bonds is 3. The smallest absolute Gasteiger partial charge is 0.161 e. The first-order valence-corrected chi connectivity index (χ1v) is 17.1. The Bertz CT molecular complexity index is 2780. The number of para-hydroxylation sites is 1. The molecule has 50 heavy (non-hydrogen) atoms. The van der Waals surface area contributed by atoms with Crippen LogP contribution < -0.4 is 0 Å². The minimum Gasteiger partial charge on any atom is -0.459 e. The molecular formula is C47H28N2O. The molecule has 0 fully saturated rings. The van der Waals surface area contributed by atoms with Gasteiger partial charge in [-0.05, 0) is 62.4 Å².